The Morgan fingerprint density at radius 2 is 1.91 bits per heavy atom. The number of benzene rings is 2. The Morgan fingerprint density at radius 3 is 2.48 bits per heavy atom. The summed E-state index contributed by atoms with van der Waals surface area (Å²) in [6.45, 7) is 1.62. The fraction of sp³-hybridized carbons (Fsp3) is 0.217. The third-order valence-corrected chi connectivity index (χ3v) is 7.72. The van der Waals surface area contributed by atoms with Crippen LogP contribution < -0.4 is 11.1 Å². The summed E-state index contributed by atoms with van der Waals surface area (Å²) < 4.78 is 23.1. The highest BCUT2D eigenvalue weighted by Crippen LogP contribution is 2.52. The fourth-order valence-electron chi connectivity index (χ4n) is 3.07. The number of aliphatic carboxylic acids is 1. The van der Waals surface area contributed by atoms with Gasteiger partial charge in [0.2, 0.25) is 0 Å². The van der Waals surface area contributed by atoms with Crippen LogP contribution in [0.3, 0.4) is 0 Å². The van der Waals surface area contributed by atoms with Crippen LogP contribution in [0.1, 0.15) is 29.3 Å². The monoisotopic (exact) mass is 488 g/mol. The maximum Gasteiger partial charge on any atom is 0.335 e. The molecule has 0 saturated heterocycles. The summed E-state index contributed by atoms with van der Waals surface area (Å²) in [4.78, 5) is 25.0. The molecule has 2 atom stereocenters. The molecule has 0 aliphatic rings. The number of carbonyl (C=O) groups excluding carboxylic acids is 1. The van der Waals surface area contributed by atoms with Crippen molar-refractivity contribution in [3.63, 3.8) is 0 Å². The van der Waals surface area contributed by atoms with Gasteiger partial charge in [0.25, 0.3) is 5.91 Å². The lowest BCUT2D eigenvalue weighted by atomic mass is 10.1. The van der Waals surface area contributed by atoms with Crippen LogP contribution >= 0.6 is 18.9 Å². The normalized spacial score (nSPS) is 13.8. The van der Waals surface area contributed by atoms with Crippen LogP contribution in [0, 0.1) is 0 Å². The number of nitrogens with one attached hydrogen (secondary N) is 1. The lowest BCUT2D eigenvalue weighted by molar-refractivity contribution is -0.145. The van der Waals surface area contributed by atoms with E-state index >= 15 is 0 Å². The third-order valence-electron chi connectivity index (χ3n) is 4.91. The maximum absolute atomic E-state index is 12.9. The van der Waals surface area contributed by atoms with E-state index in [0.717, 1.165) is 10.4 Å². The van der Waals surface area contributed by atoms with E-state index in [-0.39, 0.29) is 18.5 Å². The van der Waals surface area contributed by atoms with Gasteiger partial charge < -0.3 is 20.7 Å². The van der Waals surface area contributed by atoms with Gasteiger partial charge in [-0.05, 0) is 53.3 Å². The van der Waals surface area contributed by atoms with E-state index in [0.29, 0.717) is 22.5 Å². The van der Waals surface area contributed by atoms with Gasteiger partial charge in [-0.2, -0.15) is 0 Å². The standard InChI is InChI=1S/C23H25N2O6PS/c1-3-20(23(27)28)31-32(29,30-2)14-15-6-8-16(9-7-15)22(26)25-19-13-17(10-11-18(19)24)21-5-4-12-33-21/h4-13,20H,3,14,24H2,1-2H3,(H,25,26)(H,27,28). The first kappa shape index (κ1) is 24.7. The van der Waals surface area contributed by atoms with Gasteiger partial charge in [0.1, 0.15) is 0 Å². The summed E-state index contributed by atoms with van der Waals surface area (Å²) >= 11 is 1.59. The Morgan fingerprint density at radius 1 is 1.18 bits per heavy atom. The first-order valence-corrected chi connectivity index (χ1v) is 12.7. The molecule has 0 saturated carbocycles. The van der Waals surface area contributed by atoms with E-state index in [1.54, 1.807) is 48.6 Å². The van der Waals surface area contributed by atoms with Crippen molar-refractivity contribution in [1.82, 2.24) is 0 Å². The third kappa shape index (κ3) is 6.30. The number of thiophene rings is 1. The second kappa shape index (κ2) is 10.8. The van der Waals surface area contributed by atoms with Crippen molar-refractivity contribution in [2.45, 2.75) is 25.6 Å². The molecule has 10 heteroatoms. The zero-order valence-corrected chi connectivity index (χ0v) is 19.9. The Bertz CT molecular complexity index is 1160. The van der Waals surface area contributed by atoms with Crippen molar-refractivity contribution in [3.8, 4) is 10.4 Å². The van der Waals surface area contributed by atoms with Gasteiger partial charge in [-0.15, -0.1) is 11.3 Å². The molecule has 0 aliphatic heterocycles. The predicted molar refractivity (Wildman–Crippen MR) is 130 cm³/mol. The number of hydrogen-bond acceptors (Lipinski definition) is 7. The van der Waals surface area contributed by atoms with Crippen LogP contribution in [0.25, 0.3) is 10.4 Å². The zero-order valence-electron chi connectivity index (χ0n) is 18.2. The van der Waals surface area contributed by atoms with Gasteiger partial charge in [0.15, 0.2) is 6.10 Å². The molecule has 1 heterocycles. The van der Waals surface area contributed by atoms with Crippen molar-refractivity contribution < 1.29 is 28.3 Å². The van der Waals surface area contributed by atoms with Crippen LogP contribution in [0.15, 0.2) is 60.0 Å². The lowest BCUT2D eigenvalue weighted by Gasteiger charge is -2.20. The summed E-state index contributed by atoms with van der Waals surface area (Å²) in [6.07, 6.45) is -1.19. The predicted octanol–water partition coefficient (Wildman–Crippen LogP) is 5.47. The minimum atomic E-state index is -3.68. The number of anilines is 2. The minimum Gasteiger partial charge on any atom is -0.479 e. The largest absolute Gasteiger partial charge is 0.479 e. The van der Waals surface area contributed by atoms with Crippen molar-refractivity contribution in [3.05, 3.63) is 71.1 Å². The molecule has 0 radical (unpaired) electrons. The smallest absolute Gasteiger partial charge is 0.335 e. The molecule has 2 aromatic carbocycles. The molecule has 1 aromatic heterocycles. The van der Waals surface area contributed by atoms with Crippen molar-refractivity contribution in [1.29, 1.82) is 0 Å². The molecule has 0 spiro atoms. The van der Waals surface area contributed by atoms with Gasteiger partial charge in [0.05, 0.1) is 17.5 Å². The number of rotatable bonds is 10. The SMILES string of the molecule is CCC(OP(=O)(Cc1ccc(C(=O)Nc2cc(-c3cccs3)ccc2N)cc1)OC)C(=O)O. The molecule has 2 unspecified atom stereocenters. The van der Waals surface area contributed by atoms with E-state index < -0.39 is 19.7 Å². The molecule has 0 bridgehead atoms. The van der Waals surface area contributed by atoms with E-state index in [2.05, 4.69) is 5.32 Å². The van der Waals surface area contributed by atoms with Crippen LogP contribution in [-0.2, 0) is 24.6 Å². The molecular weight excluding hydrogens is 463 g/mol. The van der Waals surface area contributed by atoms with E-state index in [1.807, 2.05) is 29.6 Å². The Hall–Kier alpha value is -2.97. The van der Waals surface area contributed by atoms with Gasteiger partial charge in [-0.25, -0.2) is 4.79 Å². The zero-order chi connectivity index (χ0) is 24.0. The van der Waals surface area contributed by atoms with Gasteiger partial charge in [-0.1, -0.05) is 31.2 Å². The first-order chi connectivity index (χ1) is 15.7. The van der Waals surface area contributed by atoms with Gasteiger partial charge in [0, 0.05) is 17.6 Å². The number of amides is 1. The number of carbonyl (C=O) groups is 2. The van der Waals surface area contributed by atoms with E-state index in [4.69, 9.17) is 19.9 Å². The van der Waals surface area contributed by atoms with Crippen LogP contribution in [0.5, 0.6) is 0 Å². The summed E-state index contributed by atoms with van der Waals surface area (Å²) in [5, 5.41) is 14.0. The highest BCUT2D eigenvalue weighted by Gasteiger charge is 2.31. The van der Waals surface area contributed by atoms with Crippen molar-refractivity contribution in [2.75, 3.05) is 18.2 Å². The van der Waals surface area contributed by atoms with Crippen molar-refractivity contribution >= 4 is 42.2 Å². The van der Waals surface area contributed by atoms with Crippen molar-refractivity contribution in [2.24, 2.45) is 0 Å². The molecular formula is C23H25N2O6PS. The summed E-state index contributed by atoms with van der Waals surface area (Å²) in [5.41, 5.74) is 8.90. The molecule has 33 heavy (non-hydrogen) atoms. The van der Waals surface area contributed by atoms with E-state index in [9.17, 15) is 14.2 Å². The van der Waals surface area contributed by atoms with E-state index in [1.165, 1.54) is 7.11 Å². The Balaban J connectivity index is 1.71. The average Bonchev–Trinajstić information content (AvgIpc) is 3.34. The van der Waals surface area contributed by atoms with Gasteiger partial charge >= 0.3 is 13.6 Å². The lowest BCUT2D eigenvalue weighted by Crippen LogP contribution is -2.22. The minimum absolute atomic E-state index is 0.120. The summed E-state index contributed by atoms with van der Waals surface area (Å²) in [5.74, 6) is -1.55. The molecule has 3 rings (SSSR count). The van der Waals surface area contributed by atoms with Crippen LogP contribution in [0.4, 0.5) is 11.4 Å². The number of nitrogen functional groups attached to an aromatic ring is 1. The highest BCUT2D eigenvalue weighted by molar-refractivity contribution is 7.53. The molecule has 4 N–H and O–H groups in total. The quantitative estimate of drug-likeness (QED) is 0.255. The first-order valence-electron chi connectivity index (χ1n) is 10.1. The van der Waals surface area contributed by atoms with Crippen LogP contribution in [0.2, 0.25) is 0 Å². The summed E-state index contributed by atoms with van der Waals surface area (Å²) in [7, 11) is -2.46. The maximum atomic E-state index is 12.9. The average molecular weight is 489 g/mol. The number of nitrogens with two attached hydrogens (primary N) is 1. The second-order valence-electron chi connectivity index (χ2n) is 7.22. The Labute approximate surface area is 195 Å². The highest BCUT2D eigenvalue weighted by atomic mass is 32.1. The number of carboxylic acid groups (broad SMARTS) is 1. The molecule has 1 amide bonds. The molecule has 0 fully saturated rings. The Kier molecular flexibility index (Phi) is 8.05. The van der Waals surface area contributed by atoms with Crippen LogP contribution in [-0.4, -0.2) is 30.2 Å². The number of hydrogen-bond donors (Lipinski definition) is 3. The number of carboxylic acids is 1. The molecule has 0 aliphatic carbocycles. The molecule has 3 aromatic rings. The van der Waals surface area contributed by atoms with Gasteiger partial charge in [-0.3, -0.25) is 13.9 Å². The molecule has 174 valence electrons. The fourth-order valence-corrected chi connectivity index (χ4v) is 5.37. The molecule has 8 nitrogen and oxygen atoms in total. The second-order valence-corrected chi connectivity index (χ2v) is 10.3. The summed E-state index contributed by atoms with van der Waals surface area (Å²) in [6, 6.07) is 15.8. The topological polar surface area (TPSA) is 128 Å².